The molecule has 0 aromatic heterocycles. The van der Waals surface area contributed by atoms with Crippen LogP contribution in [-0.4, -0.2) is 35.7 Å². The van der Waals surface area contributed by atoms with E-state index in [-0.39, 0.29) is 5.97 Å². The predicted molar refractivity (Wildman–Crippen MR) is 78.6 cm³/mol. The summed E-state index contributed by atoms with van der Waals surface area (Å²) >= 11 is 0. The molecule has 0 spiro atoms. The third-order valence-corrected chi connectivity index (χ3v) is 3.24. The van der Waals surface area contributed by atoms with E-state index in [1.807, 2.05) is 0 Å². The van der Waals surface area contributed by atoms with Crippen molar-refractivity contribution in [2.75, 3.05) is 6.61 Å². The number of carbonyl (C=O) groups is 2. The molecule has 0 bridgehead atoms. The number of esters is 1. The molecule has 2 N–H and O–H groups in total. The summed E-state index contributed by atoms with van der Waals surface area (Å²) in [6, 6.07) is -1.27. The maximum Gasteiger partial charge on any atom is 0.323 e. The SMILES string of the molecule is CCCCCCCC[C@H](N[C@@H](C)C(=O)O)C(=O)OCC. The van der Waals surface area contributed by atoms with Gasteiger partial charge in [-0.15, -0.1) is 0 Å². The summed E-state index contributed by atoms with van der Waals surface area (Å²) in [5.41, 5.74) is 0. The second-order valence-corrected chi connectivity index (χ2v) is 5.09. The van der Waals surface area contributed by atoms with Crippen LogP contribution in [0.5, 0.6) is 0 Å². The third kappa shape index (κ3) is 8.91. The van der Waals surface area contributed by atoms with Crippen molar-refractivity contribution < 1.29 is 19.4 Å². The van der Waals surface area contributed by atoms with E-state index in [2.05, 4.69) is 12.2 Å². The van der Waals surface area contributed by atoms with E-state index in [9.17, 15) is 9.59 Å². The molecule has 0 fully saturated rings. The van der Waals surface area contributed by atoms with Crippen molar-refractivity contribution in [3.05, 3.63) is 0 Å². The van der Waals surface area contributed by atoms with Crippen LogP contribution in [0.1, 0.15) is 65.7 Å². The zero-order chi connectivity index (χ0) is 15.4. The molecule has 0 amide bonds. The first-order valence-corrected chi connectivity index (χ1v) is 7.68. The largest absolute Gasteiger partial charge is 0.480 e. The first-order valence-electron chi connectivity index (χ1n) is 7.68. The van der Waals surface area contributed by atoms with Crippen molar-refractivity contribution in [1.29, 1.82) is 0 Å². The number of hydrogen-bond acceptors (Lipinski definition) is 4. The molecule has 0 rings (SSSR count). The van der Waals surface area contributed by atoms with Gasteiger partial charge < -0.3 is 9.84 Å². The molecular weight excluding hydrogens is 258 g/mol. The number of aliphatic carboxylic acids is 1. The lowest BCUT2D eigenvalue weighted by Gasteiger charge is -2.19. The number of nitrogens with one attached hydrogen (secondary N) is 1. The fraction of sp³-hybridized carbons (Fsp3) is 0.867. The van der Waals surface area contributed by atoms with Gasteiger partial charge in [0.25, 0.3) is 0 Å². The Morgan fingerprint density at radius 1 is 1.10 bits per heavy atom. The highest BCUT2D eigenvalue weighted by atomic mass is 16.5. The summed E-state index contributed by atoms with van der Waals surface area (Å²) in [6.45, 7) is 5.78. The minimum Gasteiger partial charge on any atom is -0.480 e. The maximum absolute atomic E-state index is 11.8. The predicted octanol–water partition coefficient (Wildman–Crippen LogP) is 2.73. The van der Waals surface area contributed by atoms with Crippen LogP contribution in [-0.2, 0) is 14.3 Å². The Labute approximate surface area is 122 Å². The molecule has 2 atom stereocenters. The molecule has 0 aliphatic rings. The Hall–Kier alpha value is -1.10. The lowest BCUT2D eigenvalue weighted by Crippen LogP contribution is -2.46. The van der Waals surface area contributed by atoms with Gasteiger partial charge in [-0.1, -0.05) is 45.4 Å². The topological polar surface area (TPSA) is 75.6 Å². The van der Waals surface area contributed by atoms with Gasteiger partial charge in [0.15, 0.2) is 0 Å². The zero-order valence-corrected chi connectivity index (χ0v) is 13.0. The molecule has 0 aliphatic carbocycles. The van der Waals surface area contributed by atoms with Crippen molar-refractivity contribution in [2.24, 2.45) is 0 Å². The van der Waals surface area contributed by atoms with Gasteiger partial charge in [-0.2, -0.15) is 0 Å². The molecule has 5 nitrogen and oxygen atoms in total. The highest BCUT2D eigenvalue weighted by Gasteiger charge is 2.23. The van der Waals surface area contributed by atoms with E-state index in [4.69, 9.17) is 9.84 Å². The number of ether oxygens (including phenoxy) is 1. The maximum atomic E-state index is 11.8. The Balaban J connectivity index is 4.11. The van der Waals surface area contributed by atoms with Crippen molar-refractivity contribution in [3.8, 4) is 0 Å². The van der Waals surface area contributed by atoms with Gasteiger partial charge in [0.1, 0.15) is 12.1 Å². The first-order chi connectivity index (χ1) is 9.52. The second-order valence-electron chi connectivity index (χ2n) is 5.09. The molecular formula is C15H29NO4. The highest BCUT2D eigenvalue weighted by Crippen LogP contribution is 2.10. The van der Waals surface area contributed by atoms with Gasteiger partial charge in [0.05, 0.1) is 6.61 Å². The van der Waals surface area contributed by atoms with Crippen LogP contribution in [0.15, 0.2) is 0 Å². The Bertz CT molecular complexity index is 281. The van der Waals surface area contributed by atoms with E-state index < -0.39 is 18.1 Å². The summed E-state index contributed by atoms with van der Waals surface area (Å²) < 4.78 is 4.99. The first kappa shape index (κ1) is 18.9. The van der Waals surface area contributed by atoms with E-state index in [1.165, 1.54) is 26.2 Å². The smallest absolute Gasteiger partial charge is 0.323 e. The number of carboxylic acid groups (broad SMARTS) is 1. The van der Waals surface area contributed by atoms with E-state index in [1.54, 1.807) is 6.92 Å². The van der Waals surface area contributed by atoms with Crippen LogP contribution in [0.4, 0.5) is 0 Å². The van der Waals surface area contributed by atoms with Crippen molar-refractivity contribution in [1.82, 2.24) is 5.32 Å². The molecule has 0 aromatic carbocycles. The van der Waals surface area contributed by atoms with E-state index in [0.717, 1.165) is 19.3 Å². The van der Waals surface area contributed by atoms with Crippen LogP contribution in [0.3, 0.4) is 0 Å². The Kier molecular flexibility index (Phi) is 11.1. The molecule has 0 aliphatic heterocycles. The molecule has 118 valence electrons. The normalized spacial score (nSPS) is 13.8. The number of carbonyl (C=O) groups excluding carboxylic acids is 1. The summed E-state index contributed by atoms with van der Waals surface area (Å²) in [5, 5.41) is 11.7. The highest BCUT2D eigenvalue weighted by molar-refractivity contribution is 5.78. The summed E-state index contributed by atoms with van der Waals surface area (Å²) in [7, 11) is 0. The van der Waals surface area contributed by atoms with Gasteiger partial charge in [-0.05, 0) is 20.3 Å². The summed E-state index contributed by atoms with van der Waals surface area (Å²) in [4.78, 5) is 22.6. The fourth-order valence-corrected chi connectivity index (χ4v) is 2.01. The molecule has 0 unspecified atom stereocenters. The monoisotopic (exact) mass is 287 g/mol. The lowest BCUT2D eigenvalue weighted by molar-refractivity contribution is -0.147. The minimum absolute atomic E-state index is 0.314. The standard InChI is InChI=1S/C15H29NO4/c1-4-6-7-8-9-10-11-13(15(19)20-5-2)16-12(3)14(17)18/h12-13,16H,4-11H2,1-3H3,(H,17,18)/t12-,13-/m0/s1. The number of hydrogen-bond donors (Lipinski definition) is 2. The Morgan fingerprint density at radius 2 is 1.70 bits per heavy atom. The van der Waals surface area contributed by atoms with Crippen LogP contribution < -0.4 is 5.32 Å². The second kappa shape index (κ2) is 11.7. The number of rotatable bonds is 12. The van der Waals surface area contributed by atoms with Crippen molar-refractivity contribution >= 4 is 11.9 Å². The van der Waals surface area contributed by atoms with Crippen LogP contribution in [0.25, 0.3) is 0 Å². The molecule has 0 saturated carbocycles. The van der Waals surface area contributed by atoms with Crippen LogP contribution in [0.2, 0.25) is 0 Å². The summed E-state index contributed by atoms with van der Waals surface area (Å²) in [5.74, 6) is -1.31. The number of unbranched alkanes of at least 4 members (excludes halogenated alkanes) is 5. The minimum atomic E-state index is -0.956. The molecule has 0 saturated heterocycles. The van der Waals surface area contributed by atoms with E-state index in [0.29, 0.717) is 13.0 Å². The van der Waals surface area contributed by atoms with Gasteiger partial charge in [-0.25, -0.2) is 0 Å². The lowest BCUT2D eigenvalue weighted by atomic mass is 10.0. The molecule has 0 radical (unpaired) electrons. The van der Waals surface area contributed by atoms with E-state index >= 15 is 0 Å². The molecule has 5 heteroatoms. The zero-order valence-electron chi connectivity index (χ0n) is 13.0. The van der Waals surface area contributed by atoms with Crippen molar-refractivity contribution in [3.63, 3.8) is 0 Å². The average molecular weight is 287 g/mol. The summed E-state index contributed by atoms with van der Waals surface area (Å²) in [6.07, 6.45) is 7.45. The molecule has 0 heterocycles. The van der Waals surface area contributed by atoms with Crippen molar-refractivity contribution in [2.45, 2.75) is 77.8 Å². The third-order valence-electron chi connectivity index (χ3n) is 3.24. The van der Waals surface area contributed by atoms with Crippen LogP contribution >= 0.6 is 0 Å². The van der Waals surface area contributed by atoms with Gasteiger partial charge in [-0.3, -0.25) is 14.9 Å². The molecule has 20 heavy (non-hydrogen) atoms. The Morgan fingerprint density at radius 3 is 2.25 bits per heavy atom. The average Bonchev–Trinajstić information content (AvgIpc) is 2.41. The fourth-order valence-electron chi connectivity index (χ4n) is 2.01. The number of carboxylic acids is 1. The van der Waals surface area contributed by atoms with Gasteiger partial charge in [0, 0.05) is 0 Å². The van der Waals surface area contributed by atoms with Gasteiger partial charge >= 0.3 is 11.9 Å². The molecule has 0 aromatic rings. The van der Waals surface area contributed by atoms with Gasteiger partial charge in [0.2, 0.25) is 0 Å². The quantitative estimate of drug-likeness (QED) is 0.426. The van der Waals surface area contributed by atoms with Crippen LogP contribution in [0, 0.1) is 0 Å².